The van der Waals surface area contributed by atoms with E-state index in [9.17, 15) is 5.11 Å². The van der Waals surface area contributed by atoms with Gasteiger partial charge in [-0.2, -0.15) is 0 Å². The third-order valence-corrected chi connectivity index (χ3v) is 1.56. The highest BCUT2D eigenvalue weighted by Crippen LogP contribution is 2.12. The molecule has 0 atom stereocenters. The fourth-order valence-electron chi connectivity index (χ4n) is 1.04. The summed E-state index contributed by atoms with van der Waals surface area (Å²) in [5.41, 5.74) is 0.785. The van der Waals surface area contributed by atoms with Crippen LogP contribution in [-0.4, -0.2) is 23.8 Å². The summed E-state index contributed by atoms with van der Waals surface area (Å²) in [6.07, 6.45) is 1.61. The van der Waals surface area contributed by atoms with Crippen LogP contribution in [0.4, 0.5) is 0 Å². The molecule has 1 aromatic carbocycles. The van der Waals surface area contributed by atoms with E-state index in [0.29, 0.717) is 6.54 Å². The first-order chi connectivity index (χ1) is 6.22. The number of benzene rings is 1. The zero-order valence-corrected chi connectivity index (χ0v) is 7.49. The Morgan fingerprint density at radius 2 is 2.31 bits per heavy atom. The van der Waals surface area contributed by atoms with Gasteiger partial charge < -0.3 is 15.5 Å². The van der Waals surface area contributed by atoms with E-state index in [4.69, 9.17) is 5.11 Å². The number of nitrogens with one attached hydrogen (secondary N) is 1. The second kappa shape index (κ2) is 4.52. The Hall–Kier alpha value is -1.48. The molecule has 0 unspecified atom stereocenters. The van der Waals surface area contributed by atoms with E-state index < -0.39 is 0 Å². The van der Waals surface area contributed by atoms with Gasteiger partial charge in [-0.1, -0.05) is 12.1 Å². The molecule has 0 aliphatic heterocycles. The molecule has 3 heteroatoms. The number of aliphatic hydroxyl groups excluding tert-OH is 1. The van der Waals surface area contributed by atoms with Crippen LogP contribution in [0.25, 0.3) is 6.08 Å². The minimum Gasteiger partial charge on any atom is -0.511 e. The summed E-state index contributed by atoms with van der Waals surface area (Å²) >= 11 is 0. The molecule has 0 radical (unpaired) electrons. The van der Waals surface area contributed by atoms with Crippen molar-refractivity contribution in [3.63, 3.8) is 0 Å². The first-order valence-electron chi connectivity index (χ1n) is 4.05. The molecule has 0 spiro atoms. The molecule has 0 aromatic heterocycles. The van der Waals surface area contributed by atoms with Gasteiger partial charge in [0.2, 0.25) is 0 Å². The van der Waals surface area contributed by atoms with Crippen molar-refractivity contribution in [3.05, 3.63) is 35.6 Å². The van der Waals surface area contributed by atoms with Crippen LogP contribution >= 0.6 is 0 Å². The Morgan fingerprint density at radius 3 is 2.92 bits per heavy atom. The topological polar surface area (TPSA) is 52.5 Å². The lowest BCUT2D eigenvalue weighted by Crippen LogP contribution is -2.09. The smallest absolute Gasteiger partial charge is 0.116 e. The molecule has 0 saturated carbocycles. The van der Waals surface area contributed by atoms with Gasteiger partial charge in [-0.3, -0.25) is 0 Å². The number of aliphatic hydroxyl groups is 1. The highest BCUT2D eigenvalue weighted by Gasteiger charge is 1.93. The largest absolute Gasteiger partial charge is 0.511 e. The van der Waals surface area contributed by atoms with E-state index in [0.717, 1.165) is 5.56 Å². The van der Waals surface area contributed by atoms with Gasteiger partial charge in [0.15, 0.2) is 0 Å². The monoisotopic (exact) mass is 179 g/mol. The molecule has 0 heterocycles. The van der Waals surface area contributed by atoms with Crippen LogP contribution in [0.2, 0.25) is 0 Å². The average Bonchev–Trinajstić information content (AvgIpc) is 2.04. The maximum Gasteiger partial charge on any atom is 0.116 e. The lowest BCUT2D eigenvalue weighted by molar-refractivity contribution is 0.399. The predicted molar refractivity (Wildman–Crippen MR) is 52.6 cm³/mol. The fourth-order valence-corrected chi connectivity index (χ4v) is 1.04. The van der Waals surface area contributed by atoms with Crippen LogP contribution < -0.4 is 5.32 Å². The summed E-state index contributed by atoms with van der Waals surface area (Å²) in [6.45, 7) is 0.426. The summed E-state index contributed by atoms with van der Waals surface area (Å²) < 4.78 is 0. The second-order valence-electron chi connectivity index (χ2n) is 2.76. The zero-order chi connectivity index (χ0) is 9.68. The first-order valence-corrected chi connectivity index (χ1v) is 4.05. The van der Waals surface area contributed by atoms with Crippen molar-refractivity contribution in [1.82, 2.24) is 5.32 Å². The maximum atomic E-state index is 9.31. The van der Waals surface area contributed by atoms with E-state index >= 15 is 0 Å². The van der Waals surface area contributed by atoms with Gasteiger partial charge in [-0.15, -0.1) is 0 Å². The molecule has 1 aromatic rings. The molecular formula is C10H13NO2. The number of likely N-dealkylation sites (N-methyl/N-ethyl adjacent to an activating group) is 1. The SMILES string of the molecule is CNCC(O)=Cc1cccc(O)c1. The number of hydrogen-bond donors (Lipinski definition) is 3. The van der Waals surface area contributed by atoms with Crippen molar-refractivity contribution in [2.45, 2.75) is 0 Å². The molecule has 0 saturated heterocycles. The van der Waals surface area contributed by atoms with Gasteiger partial charge in [0.1, 0.15) is 11.5 Å². The van der Waals surface area contributed by atoms with Crippen LogP contribution in [0.5, 0.6) is 5.75 Å². The lowest BCUT2D eigenvalue weighted by Gasteiger charge is -1.99. The predicted octanol–water partition coefficient (Wildman–Crippen LogP) is 1.51. The van der Waals surface area contributed by atoms with Crippen LogP contribution in [0.1, 0.15) is 5.56 Å². The molecule has 13 heavy (non-hydrogen) atoms. The molecule has 3 nitrogen and oxygen atoms in total. The van der Waals surface area contributed by atoms with Crippen LogP contribution in [-0.2, 0) is 0 Å². The molecule has 0 fully saturated rings. The van der Waals surface area contributed by atoms with E-state index in [1.807, 2.05) is 6.07 Å². The molecule has 0 bridgehead atoms. The van der Waals surface area contributed by atoms with Crippen molar-refractivity contribution in [2.24, 2.45) is 0 Å². The van der Waals surface area contributed by atoms with Gasteiger partial charge in [0, 0.05) is 0 Å². The molecule has 0 aliphatic carbocycles. The summed E-state index contributed by atoms with van der Waals surface area (Å²) in [5.74, 6) is 0.444. The van der Waals surface area contributed by atoms with Crippen LogP contribution in [0.15, 0.2) is 30.0 Å². The van der Waals surface area contributed by atoms with Crippen molar-refractivity contribution in [3.8, 4) is 5.75 Å². The minimum atomic E-state index is 0.200. The molecular weight excluding hydrogens is 166 g/mol. The number of rotatable bonds is 3. The Balaban J connectivity index is 2.78. The lowest BCUT2D eigenvalue weighted by atomic mass is 10.2. The fraction of sp³-hybridized carbons (Fsp3) is 0.200. The van der Waals surface area contributed by atoms with Crippen LogP contribution in [0, 0.1) is 0 Å². The van der Waals surface area contributed by atoms with Crippen molar-refractivity contribution in [2.75, 3.05) is 13.6 Å². The normalized spacial score (nSPS) is 11.6. The quantitative estimate of drug-likeness (QED) is 0.616. The first kappa shape index (κ1) is 9.61. The Morgan fingerprint density at radius 1 is 1.54 bits per heavy atom. The molecule has 0 amide bonds. The van der Waals surface area contributed by atoms with Crippen molar-refractivity contribution < 1.29 is 10.2 Å². The summed E-state index contributed by atoms with van der Waals surface area (Å²) in [5, 5.41) is 21.3. The second-order valence-corrected chi connectivity index (χ2v) is 2.76. The Kier molecular flexibility index (Phi) is 3.34. The highest BCUT2D eigenvalue weighted by atomic mass is 16.3. The number of aromatic hydroxyl groups is 1. The third kappa shape index (κ3) is 3.17. The minimum absolute atomic E-state index is 0.200. The van der Waals surface area contributed by atoms with E-state index in [2.05, 4.69) is 5.32 Å². The molecule has 70 valence electrons. The number of phenolic OH excluding ortho intramolecular Hbond substituents is 1. The summed E-state index contributed by atoms with van der Waals surface area (Å²) in [7, 11) is 1.76. The number of hydrogen-bond acceptors (Lipinski definition) is 3. The molecule has 1 rings (SSSR count). The van der Waals surface area contributed by atoms with E-state index in [1.165, 1.54) is 0 Å². The summed E-state index contributed by atoms with van der Waals surface area (Å²) in [4.78, 5) is 0. The Bertz CT molecular complexity index is 308. The standard InChI is InChI=1S/C10H13NO2/c1-11-7-10(13)6-8-3-2-4-9(12)5-8/h2-6,11-13H,7H2,1H3. The zero-order valence-electron chi connectivity index (χ0n) is 7.49. The summed E-state index contributed by atoms with van der Waals surface area (Å²) in [6, 6.07) is 6.72. The van der Waals surface area contributed by atoms with Gasteiger partial charge in [0.25, 0.3) is 0 Å². The van der Waals surface area contributed by atoms with Gasteiger partial charge in [-0.05, 0) is 30.8 Å². The van der Waals surface area contributed by atoms with Crippen molar-refractivity contribution >= 4 is 6.08 Å². The highest BCUT2D eigenvalue weighted by molar-refractivity contribution is 5.53. The molecule has 0 aliphatic rings. The number of phenols is 1. The van der Waals surface area contributed by atoms with Crippen molar-refractivity contribution in [1.29, 1.82) is 0 Å². The maximum absolute atomic E-state index is 9.31. The van der Waals surface area contributed by atoms with Gasteiger partial charge in [0.05, 0.1) is 6.54 Å². The Labute approximate surface area is 77.3 Å². The molecule has 3 N–H and O–H groups in total. The van der Waals surface area contributed by atoms with Gasteiger partial charge >= 0.3 is 0 Å². The van der Waals surface area contributed by atoms with E-state index in [1.54, 1.807) is 31.3 Å². The third-order valence-electron chi connectivity index (χ3n) is 1.56. The van der Waals surface area contributed by atoms with E-state index in [-0.39, 0.29) is 11.5 Å². The average molecular weight is 179 g/mol. The van der Waals surface area contributed by atoms with Gasteiger partial charge in [-0.25, -0.2) is 0 Å². The van der Waals surface area contributed by atoms with Crippen LogP contribution in [0.3, 0.4) is 0 Å².